The molecule has 1 saturated carbocycles. The molecule has 3 atom stereocenters. The van der Waals surface area contributed by atoms with Gasteiger partial charge in [-0.15, -0.1) is 0 Å². The Hall–Kier alpha value is -1.30. The van der Waals surface area contributed by atoms with Gasteiger partial charge in [-0.25, -0.2) is 4.79 Å². The quantitative estimate of drug-likeness (QED) is 0.675. The van der Waals surface area contributed by atoms with Gasteiger partial charge in [-0.05, 0) is 31.6 Å². The first-order valence-electron chi connectivity index (χ1n) is 8.01. The number of hydrogen-bond acceptors (Lipinski definition) is 3. The second kappa shape index (κ2) is 8.22. The number of carboxylic acids is 1. The summed E-state index contributed by atoms with van der Waals surface area (Å²) in [5, 5.41) is 15.0. The van der Waals surface area contributed by atoms with Gasteiger partial charge in [-0.1, -0.05) is 19.3 Å². The molecule has 0 spiro atoms. The molecule has 2 aliphatic rings. The van der Waals surface area contributed by atoms with E-state index in [4.69, 9.17) is 4.74 Å². The lowest BCUT2D eigenvalue weighted by Crippen LogP contribution is -2.47. The van der Waals surface area contributed by atoms with Gasteiger partial charge in [0.05, 0.1) is 5.92 Å². The minimum Gasteiger partial charge on any atom is -0.481 e. The largest absolute Gasteiger partial charge is 0.481 e. The molecule has 6 nitrogen and oxygen atoms in total. The van der Waals surface area contributed by atoms with Crippen molar-refractivity contribution in [2.24, 2.45) is 11.8 Å². The van der Waals surface area contributed by atoms with Crippen molar-refractivity contribution >= 4 is 12.0 Å². The molecule has 0 bridgehead atoms. The van der Waals surface area contributed by atoms with Gasteiger partial charge in [0.25, 0.3) is 0 Å². The topological polar surface area (TPSA) is 87.7 Å². The normalized spacial score (nSPS) is 29.6. The van der Waals surface area contributed by atoms with Crippen molar-refractivity contribution < 1.29 is 19.4 Å². The van der Waals surface area contributed by atoms with Crippen LogP contribution in [0.2, 0.25) is 0 Å². The maximum atomic E-state index is 11.9. The van der Waals surface area contributed by atoms with Crippen molar-refractivity contribution in [1.29, 1.82) is 0 Å². The summed E-state index contributed by atoms with van der Waals surface area (Å²) in [6.45, 7) is 2.22. The average molecular weight is 298 g/mol. The number of ether oxygens (including phenoxy) is 1. The predicted molar refractivity (Wildman–Crippen MR) is 78.1 cm³/mol. The first-order valence-corrected chi connectivity index (χ1v) is 8.01. The summed E-state index contributed by atoms with van der Waals surface area (Å²) in [7, 11) is 0. The summed E-state index contributed by atoms with van der Waals surface area (Å²) in [5.41, 5.74) is 0. The fraction of sp³-hybridized carbons (Fsp3) is 0.867. The number of carboxylic acid groups (broad SMARTS) is 1. The lowest BCUT2D eigenvalue weighted by atomic mass is 9.95. The number of aliphatic carboxylic acids is 1. The maximum Gasteiger partial charge on any atom is 0.315 e. The van der Waals surface area contributed by atoms with Crippen LogP contribution < -0.4 is 10.6 Å². The van der Waals surface area contributed by atoms with E-state index in [2.05, 4.69) is 10.6 Å². The fourth-order valence-corrected chi connectivity index (χ4v) is 3.20. The van der Waals surface area contributed by atoms with Crippen molar-refractivity contribution in [2.75, 3.05) is 19.8 Å². The van der Waals surface area contributed by atoms with Crippen LogP contribution in [0.3, 0.4) is 0 Å². The van der Waals surface area contributed by atoms with Crippen LogP contribution in [0, 0.1) is 11.8 Å². The van der Waals surface area contributed by atoms with Gasteiger partial charge in [-0.2, -0.15) is 0 Å². The van der Waals surface area contributed by atoms with Crippen molar-refractivity contribution in [3.63, 3.8) is 0 Å². The molecule has 1 aliphatic carbocycles. The second-order valence-corrected chi connectivity index (χ2v) is 6.11. The Labute approximate surface area is 125 Å². The monoisotopic (exact) mass is 298 g/mol. The molecular weight excluding hydrogens is 272 g/mol. The Morgan fingerprint density at radius 3 is 2.67 bits per heavy atom. The summed E-state index contributed by atoms with van der Waals surface area (Å²) in [6, 6.07) is -0.494. The van der Waals surface area contributed by atoms with E-state index in [0.29, 0.717) is 18.9 Å². The molecule has 1 aliphatic heterocycles. The Kier molecular flexibility index (Phi) is 6.29. The zero-order valence-electron chi connectivity index (χ0n) is 12.5. The standard InChI is InChI=1S/C15H26N2O4/c18-14(19)12-4-2-1-3-5-13(12)17-15(20)16-8-6-11-7-9-21-10-11/h11-13H,1-10H2,(H,18,19)(H2,16,17,20). The van der Waals surface area contributed by atoms with Crippen molar-refractivity contribution in [1.82, 2.24) is 10.6 Å². The van der Waals surface area contributed by atoms with Gasteiger partial charge in [0.1, 0.15) is 0 Å². The van der Waals surface area contributed by atoms with Gasteiger partial charge < -0.3 is 20.5 Å². The van der Waals surface area contributed by atoms with Crippen LogP contribution in [0.25, 0.3) is 0 Å². The van der Waals surface area contributed by atoms with Crippen LogP contribution in [0.15, 0.2) is 0 Å². The first-order chi connectivity index (χ1) is 10.2. The highest BCUT2D eigenvalue weighted by Gasteiger charge is 2.30. The molecule has 0 aromatic carbocycles. The summed E-state index contributed by atoms with van der Waals surface area (Å²) in [6.07, 6.45) is 6.34. The van der Waals surface area contributed by atoms with Crippen molar-refractivity contribution in [2.45, 2.75) is 51.0 Å². The summed E-state index contributed by atoms with van der Waals surface area (Å²) < 4.78 is 5.30. The zero-order valence-corrected chi connectivity index (χ0v) is 12.5. The number of rotatable bonds is 5. The minimum atomic E-state index is -0.801. The van der Waals surface area contributed by atoms with E-state index in [-0.39, 0.29) is 12.1 Å². The molecule has 3 unspecified atom stereocenters. The van der Waals surface area contributed by atoms with E-state index in [1.165, 1.54) is 0 Å². The van der Waals surface area contributed by atoms with Crippen LogP contribution in [0.1, 0.15) is 44.9 Å². The zero-order chi connectivity index (χ0) is 15.1. The van der Waals surface area contributed by atoms with Crippen LogP contribution >= 0.6 is 0 Å². The molecule has 1 saturated heterocycles. The third-order valence-electron chi connectivity index (χ3n) is 4.51. The second-order valence-electron chi connectivity index (χ2n) is 6.11. The molecule has 2 rings (SSSR count). The summed E-state index contributed by atoms with van der Waals surface area (Å²) in [4.78, 5) is 23.2. The highest BCUT2D eigenvalue weighted by molar-refractivity contribution is 5.76. The molecule has 21 heavy (non-hydrogen) atoms. The molecule has 6 heteroatoms. The smallest absolute Gasteiger partial charge is 0.315 e. The molecule has 3 N–H and O–H groups in total. The molecule has 2 fully saturated rings. The van der Waals surface area contributed by atoms with Crippen LogP contribution in [-0.4, -0.2) is 42.9 Å². The Morgan fingerprint density at radius 2 is 1.95 bits per heavy atom. The van der Waals surface area contributed by atoms with Gasteiger partial charge in [-0.3, -0.25) is 4.79 Å². The lowest BCUT2D eigenvalue weighted by Gasteiger charge is -2.23. The number of carbonyl (C=O) groups excluding carboxylic acids is 1. The van der Waals surface area contributed by atoms with E-state index >= 15 is 0 Å². The minimum absolute atomic E-state index is 0.243. The number of hydrogen-bond donors (Lipinski definition) is 3. The molecule has 0 aromatic rings. The number of amides is 2. The molecule has 120 valence electrons. The maximum absolute atomic E-state index is 11.9. The molecular formula is C15H26N2O4. The molecule has 0 radical (unpaired) electrons. The van der Waals surface area contributed by atoms with E-state index < -0.39 is 11.9 Å². The van der Waals surface area contributed by atoms with Gasteiger partial charge >= 0.3 is 12.0 Å². The highest BCUT2D eigenvalue weighted by atomic mass is 16.5. The number of urea groups is 1. The third-order valence-corrected chi connectivity index (χ3v) is 4.51. The Balaban J connectivity index is 1.72. The SMILES string of the molecule is O=C(NCCC1CCOC1)NC1CCCCCC1C(=O)O. The van der Waals surface area contributed by atoms with Crippen LogP contribution in [0.4, 0.5) is 4.79 Å². The van der Waals surface area contributed by atoms with Gasteiger partial charge in [0.2, 0.25) is 0 Å². The Morgan fingerprint density at radius 1 is 1.14 bits per heavy atom. The van der Waals surface area contributed by atoms with E-state index in [0.717, 1.165) is 51.7 Å². The average Bonchev–Trinajstić information content (AvgIpc) is 2.84. The molecule has 2 amide bonds. The Bertz CT molecular complexity index is 356. The highest BCUT2D eigenvalue weighted by Crippen LogP contribution is 2.23. The van der Waals surface area contributed by atoms with Gasteiger partial charge in [0, 0.05) is 25.8 Å². The van der Waals surface area contributed by atoms with Crippen molar-refractivity contribution in [3.8, 4) is 0 Å². The third kappa shape index (κ3) is 5.19. The number of carbonyl (C=O) groups is 2. The van der Waals surface area contributed by atoms with E-state index in [9.17, 15) is 14.7 Å². The van der Waals surface area contributed by atoms with E-state index in [1.807, 2.05) is 0 Å². The van der Waals surface area contributed by atoms with Crippen LogP contribution in [0.5, 0.6) is 0 Å². The fourth-order valence-electron chi connectivity index (χ4n) is 3.20. The first kappa shape index (κ1) is 16.1. The van der Waals surface area contributed by atoms with Crippen molar-refractivity contribution in [3.05, 3.63) is 0 Å². The summed E-state index contributed by atoms with van der Waals surface area (Å²) in [5.74, 6) is -0.721. The molecule has 1 heterocycles. The van der Waals surface area contributed by atoms with Crippen LogP contribution in [-0.2, 0) is 9.53 Å². The number of nitrogens with one attached hydrogen (secondary N) is 2. The molecule has 0 aromatic heterocycles. The van der Waals surface area contributed by atoms with Gasteiger partial charge in [0.15, 0.2) is 0 Å². The predicted octanol–water partition coefficient (Wildman–Crippen LogP) is 1.75. The lowest BCUT2D eigenvalue weighted by molar-refractivity contribution is -0.142. The summed E-state index contributed by atoms with van der Waals surface area (Å²) >= 11 is 0. The van der Waals surface area contributed by atoms with E-state index in [1.54, 1.807) is 0 Å².